The minimum Gasteiger partial charge on any atom is -0.384 e. The van der Waals surface area contributed by atoms with Gasteiger partial charge in [0.05, 0.1) is 29.1 Å². The van der Waals surface area contributed by atoms with Gasteiger partial charge in [0.2, 0.25) is 10.0 Å². The molecule has 2 fully saturated rings. The van der Waals surface area contributed by atoms with Crippen molar-refractivity contribution in [1.29, 1.82) is 0 Å². The lowest BCUT2D eigenvalue weighted by Crippen LogP contribution is -2.51. The molecular formula is C28H31FN4O3S. The molecule has 1 aliphatic carbocycles. The van der Waals surface area contributed by atoms with Crippen molar-refractivity contribution in [2.24, 2.45) is 5.41 Å². The lowest BCUT2D eigenvalue weighted by molar-refractivity contribution is 0.0733. The predicted molar refractivity (Wildman–Crippen MR) is 141 cm³/mol. The number of piperidine rings is 1. The summed E-state index contributed by atoms with van der Waals surface area (Å²) in [6, 6.07) is 13.6. The first-order valence-electron chi connectivity index (χ1n) is 12.8. The number of hydrogen-bond donors (Lipinski definition) is 0. The van der Waals surface area contributed by atoms with Crippen molar-refractivity contribution in [3.05, 3.63) is 77.4 Å². The van der Waals surface area contributed by atoms with Crippen LogP contribution in [-0.4, -0.2) is 62.4 Å². The molecule has 3 aromatic rings. The summed E-state index contributed by atoms with van der Waals surface area (Å²) < 4.78 is 50.0. The highest BCUT2D eigenvalue weighted by molar-refractivity contribution is 7.89. The zero-order valence-electron chi connectivity index (χ0n) is 20.9. The number of aromatic nitrogens is 2. The molecule has 0 bridgehead atoms. The molecule has 0 N–H and O–H groups in total. The minimum atomic E-state index is -3.65. The van der Waals surface area contributed by atoms with E-state index in [0.29, 0.717) is 37.4 Å². The molecule has 2 saturated heterocycles. The van der Waals surface area contributed by atoms with Crippen LogP contribution in [0.15, 0.2) is 65.2 Å². The number of rotatable bonds is 6. The van der Waals surface area contributed by atoms with Crippen LogP contribution in [0.3, 0.4) is 0 Å². The molecule has 0 saturated carbocycles. The highest BCUT2D eigenvalue weighted by atomic mass is 32.2. The van der Waals surface area contributed by atoms with Crippen LogP contribution in [0, 0.1) is 11.2 Å². The van der Waals surface area contributed by atoms with E-state index in [-0.39, 0.29) is 5.82 Å². The zero-order valence-corrected chi connectivity index (χ0v) is 21.8. The smallest absolute Gasteiger partial charge is 0.243 e. The molecule has 37 heavy (non-hydrogen) atoms. The van der Waals surface area contributed by atoms with Crippen molar-refractivity contribution in [3.63, 3.8) is 0 Å². The molecule has 0 radical (unpaired) electrons. The van der Waals surface area contributed by atoms with E-state index in [0.717, 1.165) is 35.7 Å². The molecule has 0 spiro atoms. The maximum atomic E-state index is 13.7. The molecule has 1 atom stereocenters. The zero-order chi connectivity index (χ0) is 25.6. The van der Waals surface area contributed by atoms with Crippen LogP contribution in [0.1, 0.15) is 30.5 Å². The van der Waals surface area contributed by atoms with Gasteiger partial charge in [-0.15, -0.1) is 0 Å². The quantitative estimate of drug-likeness (QED) is 0.484. The first-order chi connectivity index (χ1) is 17.9. The van der Waals surface area contributed by atoms with E-state index in [1.54, 1.807) is 35.7 Å². The van der Waals surface area contributed by atoms with Crippen molar-refractivity contribution < 1.29 is 17.5 Å². The second-order valence-electron chi connectivity index (χ2n) is 10.3. The molecule has 194 valence electrons. The maximum absolute atomic E-state index is 13.7. The van der Waals surface area contributed by atoms with Crippen molar-refractivity contribution in [3.8, 4) is 5.69 Å². The van der Waals surface area contributed by atoms with Crippen LogP contribution >= 0.6 is 0 Å². The van der Waals surface area contributed by atoms with Crippen molar-refractivity contribution in [2.75, 3.05) is 44.8 Å². The molecule has 7 nitrogen and oxygen atoms in total. The molecular weight excluding hydrogens is 491 g/mol. The van der Waals surface area contributed by atoms with Crippen molar-refractivity contribution >= 4 is 21.8 Å². The minimum absolute atomic E-state index is 0.290. The first-order valence-corrected chi connectivity index (χ1v) is 14.2. The van der Waals surface area contributed by atoms with Gasteiger partial charge >= 0.3 is 0 Å². The summed E-state index contributed by atoms with van der Waals surface area (Å²) >= 11 is 0. The number of benzene rings is 2. The number of ether oxygens (including phenoxy) is 1. The Bertz CT molecular complexity index is 1430. The van der Waals surface area contributed by atoms with Crippen LogP contribution < -0.4 is 4.90 Å². The molecule has 0 unspecified atom stereocenters. The molecule has 3 heterocycles. The Hall–Kier alpha value is -3.01. The Morgan fingerprint density at radius 3 is 2.41 bits per heavy atom. The van der Waals surface area contributed by atoms with Gasteiger partial charge in [-0.05, 0) is 85.9 Å². The fourth-order valence-electron chi connectivity index (χ4n) is 6.05. The summed E-state index contributed by atoms with van der Waals surface area (Å²) in [4.78, 5) is 2.63. The largest absolute Gasteiger partial charge is 0.384 e. The van der Waals surface area contributed by atoms with E-state index in [9.17, 15) is 12.8 Å². The average molecular weight is 523 g/mol. The van der Waals surface area contributed by atoms with E-state index >= 15 is 0 Å². The number of anilines is 1. The molecule has 1 aromatic heterocycles. The second-order valence-corrected chi connectivity index (χ2v) is 12.2. The average Bonchev–Trinajstić information content (AvgIpc) is 3.58. The third-order valence-corrected chi connectivity index (χ3v) is 9.81. The van der Waals surface area contributed by atoms with Gasteiger partial charge in [0, 0.05) is 44.4 Å². The fraction of sp³-hybridized carbons (Fsp3) is 0.393. The topological polar surface area (TPSA) is 67.7 Å². The number of fused-ring (bicyclic) bond motifs is 2. The number of nitrogens with zero attached hydrogens (tertiary/aromatic N) is 4. The Morgan fingerprint density at radius 2 is 1.70 bits per heavy atom. The number of sulfonamides is 1. The number of hydrogen-bond acceptors (Lipinski definition) is 5. The van der Waals surface area contributed by atoms with Gasteiger partial charge in [0.1, 0.15) is 5.82 Å². The molecule has 9 heteroatoms. The SMILES string of the molecule is COC[C@]12Cc3cnn(-c4ccc(F)cc4)c3C=C1CCN(S(=O)(=O)c1ccc(N3CCCC3)cc1)C2. The van der Waals surface area contributed by atoms with Gasteiger partial charge in [-0.2, -0.15) is 9.40 Å². The molecule has 2 aromatic carbocycles. The second kappa shape index (κ2) is 9.38. The normalized spacial score (nSPS) is 22.0. The summed E-state index contributed by atoms with van der Waals surface area (Å²) in [6.45, 7) is 3.22. The van der Waals surface area contributed by atoms with E-state index in [1.165, 1.54) is 30.5 Å². The molecule has 3 aliphatic rings. The summed E-state index contributed by atoms with van der Waals surface area (Å²) in [6.07, 6.45) is 7.55. The lowest BCUT2D eigenvalue weighted by Gasteiger charge is -2.45. The number of halogens is 1. The summed E-state index contributed by atoms with van der Waals surface area (Å²) in [5.74, 6) is -0.290. The van der Waals surface area contributed by atoms with E-state index in [1.807, 2.05) is 23.0 Å². The molecule has 6 rings (SSSR count). The van der Waals surface area contributed by atoms with Gasteiger partial charge in [0.15, 0.2) is 0 Å². The van der Waals surface area contributed by atoms with Crippen LogP contribution in [0.25, 0.3) is 11.8 Å². The van der Waals surface area contributed by atoms with E-state index in [2.05, 4.69) is 16.1 Å². The van der Waals surface area contributed by atoms with Gasteiger partial charge in [-0.25, -0.2) is 17.5 Å². The highest BCUT2D eigenvalue weighted by Gasteiger charge is 2.46. The van der Waals surface area contributed by atoms with Crippen LogP contribution in [0.4, 0.5) is 10.1 Å². The maximum Gasteiger partial charge on any atom is 0.243 e. The Morgan fingerprint density at radius 1 is 1.00 bits per heavy atom. The third kappa shape index (κ3) is 4.28. The summed E-state index contributed by atoms with van der Waals surface area (Å²) in [7, 11) is -1.99. The van der Waals surface area contributed by atoms with Gasteiger partial charge in [0.25, 0.3) is 0 Å². The Labute approximate surface area is 217 Å². The standard InChI is InChI=1S/C28H31FN4O3S/c1-36-20-28-17-21-18-30-33(25-6-4-23(29)5-7-25)27(21)16-22(28)12-15-32(19-28)37(34,35)26-10-8-24(9-11-26)31-13-2-3-14-31/h4-11,16,18H,2-3,12-15,17,19-20H2,1H3/t28-/m1/s1. The van der Waals surface area contributed by atoms with Gasteiger partial charge in [-0.3, -0.25) is 0 Å². The third-order valence-electron chi connectivity index (χ3n) is 7.95. The first kappa shape index (κ1) is 24.3. The Kier molecular flexibility index (Phi) is 6.17. The summed E-state index contributed by atoms with van der Waals surface area (Å²) in [5, 5.41) is 4.58. The van der Waals surface area contributed by atoms with Crippen molar-refractivity contribution in [1.82, 2.24) is 14.1 Å². The number of methoxy groups -OCH3 is 1. The fourth-order valence-corrected chi connectivity index (χ4v) is 7.57. The van der Waals surface area contributed by atoms with Crippen molar-refractivity contribution in [2.45, 2.75) is 30.6 Å². The predicted octanol–water partition coefficient (Wildman–Crippen LogP) is 4.28. The highest BCUT2D eigenvalue weighted by Crippen LogP contribution is 2.45. The Balaban J connectivity index is 1.29. The molecule has 2 aliphatic heterocycles. The van der Waals surface area contributed by atoms with Crippen LogP contribution in [0.2, 0.25) is 0 Å². The molecule has 0 amide bonds. The van der Waals surface area contributed by atoms with Crippen LogP contribution in [-0.2, 0) is 21.2 Å². The van der Waals surface area contributed by atoms with Crippen LogP contribution in [0.5, 0.6) is 0 Å². The monoisotopic (exact) mass is 522 g/mol. The van der Waals surface area contributed by atoms with E-state index < -0.39 is 15.4 Å². The van der Waals surface area contributed by atoms with Gasteiger partial charge in [-0.1, -0.05) is 5.57 Å². The lowest BCUT2D eigenvalue weighted by atomic mass is 9.69. The van der Waals surface area contributed by atoms with Gasteiger partial charge < -0.3 is 9.64 Å². The summed E-state index contributed by atoms with van der Waals surface area (Å²) in [5.41, 5.74) is 4.56. The van der Waals surface area contributed by atoms with E-state index in [4.69, 9.17) is 4.74 Å².